The second-order valence-electron chi connectivity index (χ2n) is 13.3. The summed E-state index contributed by atoms with van der Waals surface area (Å²) in [6.07, 6.45) is 7.70. The molecule has 0 saturated carbocycles. The predicted octanol–water partition coefficient (Wildman–Crippen LogP) is 11.8. The maximum atomic E-state index is 2.61. The summed E-state index contributed by atoms with van der Waals surface area (Å²) in [7, 11) is 0. The van der Waals surface area contributed by atoms with Gasteiger partial charge in [0.2, 0.25) is 0 Å². The molecule has 0 amide bonds. The van der Waals surface area contributed by atoms with E-state index in [9.17, 15) is 0 Å². The average Bonchev–Trinajstić information content (AvgIpc) is 3.34. The summed E-state index contributed by atoms with van der Waals surface area (Å²) in [6.45, 7) is 11.9. The van der Waals surface area contributed by atoms with Gasteiger partial charge in [0.25, 0.3) is 0 Å². The molecule has 8 rings (SSSR count). The van der Waals surface area contributed by atoms with E-state index in [0.29, 0.717) is 23.7 Å². The molecule has 5 aromatic carbocycles. The number of hydrogen-bond acceptors (Lipinski definition) is 0. The Morgan fingerprint density at radius 2 is 1.23 bits per heavy atom. The standard InChI is InChI=1S/C43H38/c1-25(2)39-33-17-11-12-18-34(33)40(26(3)4)43-38-24-35(29-14-7-6-8-15-29)27(5)36-22-32(23-37(41(36)38)42(39)43)31-20-19-28-13-9-10-16-30(28)21-31/h6-26,37,41H,1-5H3. The molecule has 0 N–H and O–H groups in total. The van der Waals surface area contributed by atoms with Crippen LogP contribution in [-0.4, -0.2) is 0 Å². The third-order valence-corrected chi connectivity index (χ3v) is 10.1. The van der Waals surface area contributed by atoms with Crippen LogP contribution in [0.4, 0.5) is 0 Å². The second kappa shape index (κ2) is 9.81. The average molecular weight is 555 g/mol. The smallest absolute Gasteiger partial charge is 0.0203 e. The molecule has 0 fully saturated rings. The highest BCUT2D eigenvalue weighted by atomic mass is 14.5. The fourth-order valence-corrected chi connectivity index (χ4v) is 8.33. The summed E-state index contributed by atoms with van der Waals surface area (Å²) in [4.78, 5) is 0. The molecular weight excluding hydrogens is 516 g/mol. The van der Waals surface area contributed by atoms with Crippen molar-refractivity contribution in [2.75, 3.05) is 0 Å². The first-order chi connectivity index (χ1) is 20.9. The van der Waals surface area contributed by atoms with Gasteiger partial charge in [0, 0.05) is 11.8 Å². The van der Waals surface area contributed by atoms with Crippen molar-refractivity contribution < 1.29 is 0 Å². The molecule has 0 nitrogen and oxygen atoms in total. The van der Waals surface area contributed by atoms with E-state index < -0.39 is 0 Å². The Kier molecular flexibility index (Phi) is 5.99. The Balaban J connectivity index is 1.49. The minimum Gasteiger partial charge on any atom is -0.0681 e. The highest BCUT2D eigenvalue weighted by molar-refractivity contribution is 6.04. The van der Waals surface area contributed by atoms with E-state index in [1.165, 1.54) is 77.2 Å². The Bertz CT molecular complexity index is 2070. The SMILES string of the molecule is CC1=C(c2ccccc2)C=C2c3c(c(C(C)C)c4ccccc4c3C(C)C)C3C=C(c4ccc5ccccc5c4)C=C1C23. The summed E-state index contributed by atoms with van der Waals surface area (Å²) in [5.74, 6) is 1.51. The topological polar surface area (TPSA) is 0 Å². The normalized spacial score (nSPS) is 19.1. The van der Waals surface area contributed by atoms with Gasteiger partial charge in [-0.1, -0.05) is 131 Å². The Hall–Kier alpha value is -4.42. The molecule has 5 aromatic rings. The molecule has 0 heterocycles. The fourth-order valence-electron chi connectivity index (χ4n) is 8.33. The molecule has 0 aromatic heterocycles. The third kappa shape index (κ3) is 3.89. The molecule has 0 saturated heterocycles. The number of allylic oxidation sites excluding steroid dienone is 8. The van der Waals surface area contributed by atoms with Gasteiger partial charge in [0.05, 0.1) is 0 Å². The van der Waals surface area contributed by atoms with Crippen molar-refractivity contribution in [2.45, 2.75) is 52.4 Å². The largest absolute Gasteiger partial charge is 0.0681 e. The minimum atomic E-state index is 0.314. The lowest BCUT2D eigenvalue weighted by Gasteiger charge is -2.33. The minimum absolute atomic E-state index is 0.314. The molecule has 0 radical (unpaired) electrons. The quantitative estimate of drug-likeness (QED) is 0.207. The van der Waals surface area contributed by atoms with Crippen molar-refractivity contribution in [1.82, 2.24) is 0 Å². The Morgan fingerprint density at radius 1 is 0.581 bits per heavy atom. The second-order valence-corrected chi connectivity index (χ2v) is 13.3. The predicted molar refractivity (Wildman–Crippen MR) is 185 cm³/mol. The molecule has 0 heteroatoms. The molecule has 43 heavy (non-hydrogen) atoms. The van der Waals surface area contributed by atoms with Gasteiger partial charge in [-0.2, -0.15) is 0 Å². The van der Waals surface area contributed by atoms with Gasteiger partial charge in [-0.25, -0.2) is 0 Å². The molecule has 210 valence electrons. The lowest BCUT2D eigenvalue weighted by atomic mass is 9.70. The van der Waals surface area contributed by atoms with Gasteiger partial charge in [-0.3, -0.25) is 0 Å². The van der Waals surface area contributed by atoms with E-state index in [2.05, 4.69) is 150 Å². The van der Waals surface area contributed by atoms with Gasteiger partial charge in [0.15, 0.2) is 0 Å². The van der Waals surface area contributed by atoms with Crippen molar-refractivity contribution in [1.29, 1.82) is 0 Å². The van der Waals surface area contributed by atoms with E-state index in [-0.39, 0.29) is 0 Å². The zero-order chi connectivity index (χ0) is 29.4. The Morgan fingerprint density at radius 3 is 1.95 bits per heavy atom. The molecule has 2 atom stereocenters. The van der Waals surface area contributed by atoms with Crippen molar-refractivity contribution in [2.24, 2.45) is 5.92 Å². The van der Waals surface area contributed by atoms with Gasteiger partial charge in [-0.05, 0) is 114 Å². The van der Waals surface area contributed by atoms with E-state index in [0.717, 1.165) is 0 Å². The Labute approximate surface area is 255 Å². The zero-order valence-corrected chi connectivity index (χ0v) is 25.8. The van der Waals surface area contributed by atoms with Gasteiger partial charge < -0.3 is 0 Å². The lowest BCUT2D eigenvalue weighted by Crippen LogP contribution is -2.18. The lowest BCUT2D eigenvalue weighted by molar-refractivity contribution is 0.702. The first-order valence-corrected chi connectivity index (χ1v) is 15.9. The number of rotatable bonds is 4. The van der Waals surface area contributed by atoms with Gasteiger partial charge in [0.1, 0.15) is 0 Å². The van der Waals surface area contributed by atoms with Crippen LogP contribution in [0.15, 0.2) is 126 Å². The van der Waals surface area contributed by atoms with Crippen LogP contribution in [0.3, 0.4) is 0 Å². The first kappa shape index (κ1) is 26.2. The van der Waals surface area contributed by atoms with E-state index >= 15 is 0 Å². The highest BCUT2D eigenvalue weighted by Gasteiger charge is 2.46. The maximum Gasteiger partial charge on any atom is 0.0203 e. The van der Waals surface area contributed by atoms with Crippen LogP contribution in [0.2, 0.25) is 0 Å². The number of fused-ring (bicyclic) bond motifs is 5. The maximum absolute atomic E-state index is 2.61. The molecule has 3 aliphatic carbocycles. The van der Waals surface area contributed by atoms with Crippen LogP contribution < -0.4 is 0 Å². The van der Waals surface area contributed by atoms with Crippen LogP contribution in [0, 0.1) is 5.92 Å². The van der Waals surface area contributed by atoms with Gasteiger partial charge >= 0.3 is 0 Å². The molecule has 0 bridgehead atoms. The summed E-state index contributed by atoms with van der Waals surface area (Å²) in [6, 6.07) is 35.9. The number of hydrogen-bond donors (Lipinski definition) is 0. The van der Waals surface area contributed by atoms with Crippen molar-refractivity contribution >= 4 is 38.3 Å². The van der Waals surface area contributed by atoms with Crippen LogP contribution >= 0.6 is 0 Å². The third-order valence-electron chi connectivity index (χ3n) is 10.1. The van der Waals surface area contributed by atoms with E-state index in [4.69, 9.17) is 0 Å². The number of benzene rings is 5. The summed E-state index contributed by atoms with van der Waals surface area (Å²) >= 11 is 0. The molecule has 3 aliphatic rings. The molecule has 0 aliphatic heterocycles. The molecule has 2 unspecified atom stereocenters. The van der Waals surface area contributed by atoms with Gasteiger partial charge in [-0.15, -0.1) is 0 Å². The zero-order valence-electron chi connectivity index (χ0n) is 25.8. The van der Waals surface area contributed by atoms with Crippen molar-refractivity contribution in [3.8, 4) is 0 Å². The van der Waals surface area contributed by atoms with E-state index in [1.807, 2.05) is 0 Å². The monoisotopic (exact) mass is 554 g/mol. The van der Waals surface area contributed by atoms with Crippen molar-refractivity contribution in [3.05, 3.63) is 160 Å². The van der Waals surface area contributed by atoms with Crippen LogP contribution in [0.5, 0.6) is 0 Å². The summed E-state index contributed by atoms with van der Waals surface area (Å²) in [5.41, 5.74) is 15.9. The van der Waals surface area contributed by atoms with Crippen LogP contribution in [0.1, 0.15) is 85.8 Å². The summed E-state index contributed by atoms with van der Waals surface area (Å²) < 4.78 is 0. The van der Waals surface area contributed by atoms with E-state index in [1.54, 1.807) is 5.56 Å². The van der Waals surface area contributed by atoms with Crippen molar-refractivity contribution in [3.63, 3.8) is 0 Å². The van der Waals surface area contributed by atoms with Crippen LogP contribution in [-0.2, 0) is 0 Å². The molecular formula is C43H38. The molecule has 0 spiro atoms. The fraction of sp³-hybridized carbons (Fsp3) is 0.209. The first-order valence-electron chi connectivity index (χ1n) is 15.9. The van der Waals surface area contributed by atoms with Crippen LogP contribution in [0.25, 0.3) is 38.3 Å². The highest BCUT2D eigenvalue weighted by Crippen LogP contribution is 2.62. The summed E-state index contributed by atoms with van der Waals surface area (Å²) in [5, 5.41) is 5.45.